The molecule has 1 amide bonds. The lowest BCUT2D eigenvalue weighted by molar-refractivity contribution is 0.0952. The van der Waals surface area contributed by atoms with Gasteiger partial charge in [-0.05, 0) is 48.9 Å². The molecule has 1 atom stereocenters. The maximum Gasteiger partial charge on any atom is 0.251 e. The molecule has 1 aromatic heterocycles. The molecule has 0 fully saturated rings. The SMILES string of the molecule is CCOc1ccc(C(=O)NCC(c2cccc(OC)c2OC)c2c[nH]c3ccccc23)cc1. The van der Waals surface area contributed by atoms with Crippen molar-refractivity contribution in [2.24, 2.45) is 0 Å². The van der Waals surface area contributed by atoms with Crippen LogP contribution < -0.4 is 19.5 Å². The Morgan fingerprint density at radius 3 is 2.45 bits per heavy atom. The number of carbonyl (C=O) groups is 1. The summed E-state index contributed by atoms with van der Waals surface area (Å²) in [6.07, 6.45) is 2.00. The van der Waals surface area contributed by atoms with Crippen LogP contribution >= 0.6 is 0 Å². The van der Waals surface area contributed by atoms with Crippen LogP contribution in [0.1, 0.15) is 34.3 Å². The Morgan fingerprint density at radius 1 is 0.939 bits per heavy atom. The van der Waals surface area contributed by atoms with Crippen LogP contribution in [0.15, 0.2) is 72.9 Å². The number of rotatable bonds is 9. The number of hydrogen-bond donors (Lipinski definition) is 2. The van der Waals surface area contributed by atoms with Gasteiger partial charge in [-0.15, -0.1) is 0 Å². The van der Waals surface area contributed by atoms with Gasteiger partial charge in [0.15, 0.2) is 11.5 Å². The number of benzene rings is 3. The Bertz CT molecular complexity index is 1230. The van der Waals surface area contributed by atoms with Crippen molar-refractivity contribution in [3.05, 3.63) is 89.6 Å². The topological polar surface area (TPSA) is 72.6 Å². The summed E-state index contributed by atoms with van der Waals surface area (Å²) in [6.45, 7) is 2.90. The van der Waals surface area contributed by atoms with Gasteiger partial charge in [0.2, 0.25) is 0 Å². The van der Waals surface area contributed by atoms with Gasteiger partial charge < -0.3 is 24.5 Å². The quantitative estimate of drug-likeness (QED) is 0.375. The largest absolute Gasteiger partial charge is 0.494 e. The van der Waals surface area contributed by atoms with Gasteiger partial charge in [0.25, 0.3) is 5.91 Å². The van der Waals surface area contributed by atoms with E-state index in [0.29, 0.717) is 30.2 Å². The summed E-state index contributed by atoms with van der Waals surface area (Å²) < 4.78 is 16.7. The van der Waals surface area contributed by atoms with Gasteiger partial charge in [-0.25, -0.2) is 0 Å². The first-order valence-electron chi connectivity index (χ1n) is 10.9. The standard InChI is InChI=1S/C27H28N2O4/c1-4-33-19-14-12-18(13-15-19)27(30)29-17-23(21-9-7-11-25(31-2)26(21)32-3)22-16-28-24-10-6-5-8-20(22)24/h5-16,23,28H,4,17H2,1-3H3,(H,29,30). The second-order valence-corrected chi connectivity index (χ2v) is 7.59. The smallest absolute Gasteiger partial charge is 0.251 e. The Labute approximate surface area is 193 Å². The summed E-state index contributed by atoms with van der Waals surface area (Å²) in [7, 11) is 3.25. The van der Waals surface area contributed by atoms with Crippen molar-refractivity contribution in [2.75, 3.05) is 27.4 Å². The number of nitrogens with one attached hydrogen (secondary N) is 2. The Morgan fingerprint density at radius 2 is 1.73 bits per heavy atom. The number of fused-ring (bicyclic) bond motifs is 1. The number of ether oxygens (including phenoxy) is 3. The molecule has 6 nitrogen and oxygen atoms in total. The molecule has 4 aromatic rings. The molecule has 170 valence electrons. The number of para-hydroxylation sites is 2. The van der Waals surface area contributed by atoms with Crippen molar-refractivity contribution in [2.45, 2.75) is 12.8 Å². The first kappa shape index (κ1) is 22.3. The molecular formula is C27H28N2O4. The molecule has 0 spiro atoms. The molecule has 0 aliphatic heterocycles. The highest BCUT2D eigenvalue weighted by Crippen LogP contribution is 2.40. The number of carbonyl (C=O) groups excluding carboxylic acids is 1. The number of hydrogen-bond acceptors (Lipinski definition) is 4. The van der Waals surface area contributed by atoms with Crippen molar-refractivity contribution in [3.8, 4) is 17.2 Å². The van der Waals surface area contributed by atoms with Gasteiger partial charge >= 0.3 is 0 Å². The molecule has 3 aromatic carbocycles. The van der Waals surface area contributed by atoms with Crippen LogP contribution in [0.4, 0.5) is 0 Å². The Kier molecular flexibility index (Phi) is 6.83. The first-order chi connectivity index (χ1) is 16.2. The summed E-state index contributed by atoms with van der Waals surface area (Å²) in [6, 6.07) is 21.1. The van der Waals surface area contributed by atoms with Crippen LogP contribution in [0.3, 0.4) is 0 Å². The third-order valence-electron chi connectivity index (χ3n) is 5.70. The van der Waals surface area contributed by atoms with E-state index in [9.17, 15) is 4.79 Å². The average Bonchev–Trinajstić information content (AvgIpc) is 3.28. The van der Waals surface area contributed by atoms with Crippen molar-refractivity contribution in [3.63, 3.8) is 0 Å². The summed E-state index contributed by atoms with van der Waals surface area (Å²) in [5, 5.41) is 4.20. The highest BCUT2D eigenvalue weighted by atomic mass is 16.5. The number of methoxy groups -OCH3 is 2. The van der Waals surface area contributed by atoms with Crippen LogP contribution in [0.25, 0.3) is 10.9 Å². The second-order valence-electron chi connectivity index (χ2n) is 7.59. The summed E-state index contributed by atoms with van der Waals surface area (Å²) in [5.41, 5.74) is 3.63. The average molecular weight is 445 g/mol. The summed E-state index contributed by atoms with van der Waals surface area (Å²) in [5.74, 6) is 1.75. The fourth-order valence-electron chi connectivity index (χ4n) is 4.12. The van der Waals surface area contributed by atoms with Crippen LogP contribution in [-0.2, 0) is 0 Å². The second kappa shape index (κ2) is 10.1. The minimum atomic E-state index is -0.155. The van der Waals surface area contributed by atoms with Crippen molar-refractivity contribution in [1.82, 2.24) is 10.3 Å². The Balaban J connectivity index is 1.67. The van der Waals surface area contributed by atoms with Gasteiger partial charge in [0, 0.05) is 40.7 Å². The zero-order valence-corrected chi connectivity index (χ0v) is 19.1. The molecule has 0 bridgehead atoms. The summed E-state index contributed by atoms with van der Waals surface area (Å²) in [4.78, 5) is 16.3. The minimum Gasteiger partial charge on any atom is -0.494 e. The van der Waals surface area contributed by atoms with E-state index in [2.05, 4.69) is 16.4 Å². The van der Waals surface area contributed by atoms with E-state index in [4.69, 9.17) is 14.2 Å². The molecule has 4 rings (SSSR count). The molecule has 0 aliphatic carbocycles. The van der Waals surface area contributed by atoms with Crippen molar-refractivity contribution < 1.29 is 19.0 Å². The van der Waals surface area contributed by atoms with Crippen LogP contribution in [0, 0.1) is 0 Å². The lowest BCUT2D eigenvalue weighted by atomic mass is 9.89. The van der Waals surface area contributed by atoms with Gasteiger partial charge in [-0.2, -0.15) is 0 Å². The maximum absolute atomic E-state index is 12.9. The highest BCUT2D eigenvalue weighted by Gasteiger charge is 2.24. The summed E-state index contributed by atoms with van der Waals surface area (Å²) >= 11 is 0. The number of H-pyrrole nitrogens is 1. The molecule has 1 heterocycles. The fourth-order valence-corrected chi connectivity index (χ4v) is 4.12. The predicted molar refractivity (Wildman–Crippen MR) is 130 cm³/mol. The van der Waals surface area contributed by atoms with Crippen molar-refractivity contribution >= 4 is 16.8 Å². The molecule has 0 aliphatic rings. The van der Waals surface area contributed by atoms with E-state index in [1.165, 1.54) is 0 Å². The van der Waals surface area contributed by atoms with Gasteiger partial charge in [0.1, 0.15) is 5.75 Å². The third-order valence-corrected chi connectivity index (χ3v) is 5.70. The molecule has 0 saturated carbocycles. The molecule has 1 unspecified atom stereocenters. The lowest BCUT2D eigenvalue weighted by Gasteiger charge is -2.22. The molecule has 2 N–H and O–H groups in total. The van der Waals surface area contributed by atoms with Crippen LogP contribution in [-0.4, -0.2) is 38.3 Å². The van der Waals surface area contributed by atoms with Gasteiger partial charge in [-0.1, -0.05) is 30.3 Å². The third kappa shape index (κ3) is 4.65. The van der Waals surface area contributed by atoms with E-state index in [-0.39, 0.29) is 11.8 Å². The van der Waals surface area contributed by atoms with Crippen LogP contribution in [0.5, 0.6) is 17.2 Å². The maximum atomic E-state index is 12.9. The molecular weight excluding hydrogens is 416 g/mol. The normalized spacial score (nSPS) is 11.7. The van der Waals surface area contributed by atoms with E-state index in [0.717, 1.165) is 27.8 Å². The lowest BCUT2D eigenvalue weighted by Crippen LogP contribution is -2.29. The zero-order valence-electron chi connectivity index (χ0n) is 19.1. The molecule has 0 saturated heterocycles. The molecule has 33 heavy (non-hydrogen) atoms. The van der Waals surface area contributed by atoms with Crippen molar-refractivity contribution in [1.29, 1.82) is 0 Å². The van der Waals surface area contributed by atoms with E-state index in [1.807, 2.05) is 49.5 Å². The highest BCUT2D eigenvalue weighted by molar-refractivity contribution is 5.94. The number of amides is 1. The molecule has 0 radical (unpaired) electrons. The van der Waals surface area contributed by atoms with E-state index in [1.54, 1.807) is 38.5 Å². The number of aromatic amines is 1. The van der Waals surface area contributed by atoms with Gasteiger partial charge in [0.05, 0.1) is 20.8 Å². The predicted octanol–water partition coefficient (Wildman–Crippen LogP) is 5.15. The first-order valence-corrected chi connectivity index (χ1v) is 10.9. The van der Waals surface area contributed by atoms with E-state index >= 15 is 0 Å². The monoisotopic (exact) mass is 444 g/mol. The van der Waals surface area contributed by atoms with Gasteiger partial charge in [-0.3, -0.25) is 4.79 Å². The van der Waals surface area contributed by atoms with E-state index < -0.39 is 0 Å². The number of aromatic nitrogens is 1. The zero-order chi connectivity index (χ0) is 23.2. The molecule has 6 heteroatoms. The van der Waals surface area contributed by atoms with Crippen LogP contribution in [0.2, 0.25) is 0 Å². The fraction of sp³-hybridized carbons (Fsp3) is 0.222. The minimum absolute atomic E-state index is 0.148. The Hall–Kier alpha value is -3.93.